The fourth-order valence-corrected chi connectivity index (χ4v) is 2.96. The predicted octanol–water partition coefficient (Wildman–Crippen LogP) is 3.73. The summed E-state index contributed by atoms with van der Waals surface area (Å²) >= 11 is 0. The van der Waals surface area contributed by atoms with Crippen molar-refractivity contribution in [2.75, 3.05) is 6.61 Å². The molecule has 1 fully saturated rings. The first-order chi connectivity index (χ1) is 9.93. The summed E-state index contributed by atoms with van der Waals surface area (Å²) in [5, 5.41) is 5.71. The molecule has 2 aromatic heterocycles. The number of ether oxygens (including phenoxy) is 1. The van der Waals surface area contributed by atoms with Gasteiger partial charge in [0.2, 0.25) is 0 Å². The molecule has 0 spiro atoms. The van der Waals surface area contributed by atoms with Gasteiger partial charge in [-0.3, -0.25) is 0 Å². The summed E-state index contributed by atoms with van der Waals surface area (Å²) in [5.74, 6) is 0. The van der Waals surface area contributed by atoms with Crippen LogP contribution in [0, 0.1) is 0 Å². The Balaban J connectivity index is 1.81. The van der Waals surface area contributed by atoms with E-state index in [1.54, 1.807) is 0 Å². The number of H-pyrrole nitrogens is 1. The molecule has 0 saturated carbocycles. The minimum Gasteiger partial charge on any atom is -0.360 e. The van der Waals surface area contributed by atoms with Crippen LogP contribution in [0.4, 0.5) is 0 Å². The molecule has 0 amide bonds. The van der Waals surface area contributed by atoms with E-state index in [1.807, 2.05) is 16.9 Å². The number of rotatable bonds is 2. The van der Waals surface area contributed by atoms with Crippen LogP contribution in [-0.2, 0) is 4.74 Å². The van der Waals surface area contributed by atoms with Gasteiger partial charge in [-0.15, -0.1) is 0 Å². The van der Waals surface area contributed by atoms with Crippen molar-refractivity contribution in [1.82, 2.24) is 14.8 Å². The average molecular weight is 267 g/mol. The van der Waals surface area contributed by atoms with Crippen LogP contribution >= 0.6 is 0 Å². The van der Waals surface area contributed by atoms with Crippen LogP contribution in [0.2, 0.25) is 0 Å². The average Bonchev–Trinajstić information content (AvgIpc) is 3.14. The fraction of sp³-hybridized carbons (Fsp3) is 0.312. The van der Waals surface area contributed by atoms with Gasteiger partial charge < -0.3 is 9.72 Å². The molecule has 1 unspecified atom stereocenters. The van der Waals surface area contributed by atoms with E-state index in [1.165, 1.54) is 17.4 Å². The van der Waals surface area contributed by atoms with Crippen LogP contribution in [0.25, 0.3) is 22.2 Å². The first kappa shape index (κ1) is 11.7. The summed E-state index contributed by atoms with van der Waals surface area (Å²) in [6.07, 6.45) is 7.38. The van der Waals surface area contributed by atoms with E-state index < -0.39 is 0 Å². The molecule has 1 aliphatic heterocycles. The van der Waals surface area contributed by atoms with Crippen LogP contribution in [-0.4, -0.2) is 21.4 Å². The lowest BCUT2D eigenvalue weighted by atomic mass is 10.1. The van der Waals surface area contributed by atoms with Gasteiger partial charge in [-0.25, -0.2) is 4.68 Å². The van der Waals surface area contributed by atoms with Crippen LogP contribution in [0.3, 0.4) is 0 Å². The molecule has 1 N–H and O–H groups in total. The summed E-state index contributed by atoms with van der Waals surface area (Å²) in [4.78, 5) is 3.32. The minimum absolute atomic E-state index is 0.0717. The van der Waals surface area contributed by atoms with Crippen molar-refractivity contribution in [3.8, 4) is 11.3 Å². The maximum atomic E-state index is 5.86. The maximum Gasteiger partial charge on any atom is 0.150 e. The number of para-hydroxylation sites is 1. The molecule has 4 rings (SSSR count). The molecule has 1 atom stereocenters. The second-order valence-corrected chi connectivity index (χ2v) is 5.23. The Labute approximate surface area is 117 Å². The minimum atomic E-state index is 0.0717. The van der Waals surface area contributed by atoms with Gasteiger partial charge in [-0.1, -0.05) is 18.2 Å². The van der Waals surface area contributed by atoms with Gasteiger partial charge in [0.05, 0.1) is 5.69 Å². The van der Waals surface area contributed by atoms with Crippen molar-refractivity contribution in [2.45, 2.75) is 25.5 Å². The molecule has 3 aromatic rings. The summed E-state index contributed by atoms with van der Waals surface area (Å²) in [6.45, 7) is 0.831. The highest BCUT2D eigenvalue weighted by Gasteiger charge is 2.20. The normalized spacial score (nSPS) is 19.5. The van der Waals surface area contributed by atoms with Gasteiger partial charge in [-0.2, -0.15) is 5.10 Å². The van der Waals surface area contributed by atoms with Crippen LogP contribution in [0.1, 0.15) is 25.5 Å². The van der Waals surface area contributed by atoms with Crippen molar-refractivity contribution >= 4 is 10.9 Å². The van der Waals surface area contributed by atoms with Gasteiger partial charge in [0.1, 0.15) is 0 Å². The van der Waals surface area contributed by atoms with E-state index in [0.29, 0.717) is 0 Å². The molecule has 102 valence electrons. The Morgan fingerprint density at radius 1 is 1.20 bits per heavy atom. The van der Waals surface area contributed by atoms with Crippen LogP contribution in [0.15, 0.2) is 42.7 Å². The van der Waals surface area contributed by atoms with E-state index in [-0.39, 0.29) is 6.23 Å². The zero-order valence-corrected chi connectivity index (χ0v) is 11.2. The van der Waals surface area contributed by atoms with Crippen molar-refractivity contribution in [2.24, 2.45) is 0 Å². The van der Waals surface area contributed by atoms with E-state index in [4.69, 9.17) is 4.74 Å². The Morgan fingerprint density at radius 2 is 2.15 bits per heavy atom. The fourth-order valence-electron chi connectivity index (χ4n) is 2.96. The third-order valence-electron chi connectivity index (χ3n) is 3.96. The lowest BCUT2D eigenvalue weighted by Gasteiger charge is -2.24. The molecule has 0 bridgehead atoms. The number of hydrogen-bond donors (Lipinski definition) is 1. The van der Waals surface area contributed by atoms with Crippen molar-refractivity contribution in [3.63, 3.8) is 0 Å². The molecule has 4 heteroatoms. The Hall–Kier alpha value is -2.07. The molecular weight excluding hydrogens is 250 g/mol. The Kier molecular flexibility index (Phi) is 2.81. The smallest absolute Gasteiger partial charge is 0.150 e. The van der Waals surface area contributed by atoms with E-state index in [9.17, 15) is 0 Å². The summed E-state index contributed by atoms with van der Waals surface area (Å²) in [6, 6.07) is 10.4. The number of aromatic nitrogens is 3. The first-order valence-corrected chi connectivity index (χ1v) is 7.15. The molecule has 0 radical (unpaired) electrons. The van der Waals surface area contributed by atoms with Gasteiger partial charge >= 0.3 is 0 Å². The highest BCUT2D eigenvalue weighted by atomic mass is 16.5. The molecule has 1 saturated heterocycles. The monoisotopic (exact) mass is 267 g/mol. The zero-order chi connectivity index (χ0) is 13.4. The number of benzene rings is 1. The highest BCUT2D eigenvalue weighted by molar-refractivity contribution is 5.94. The van der Waals surface area contributed by atoms with Crippen molar-refractivity contribution < 1.29 is 4.74 Å². The summed E-state index contributed by atoms with van der Waals surface area (Å²) in [5.41, 5.74) is 3.46. The molecule has 1 aliphatic rings. The largest absolute Gasteiger partial charge is 0.360 e. The SMILES string of the molecule is c1ccc2c(-c3ccnn3C3CCCCO3)c[nH]c2c1. The van der Waals surface area contributed by atoms with Gasteiger partial charge in [0, 0.05) is 35.5 Å². The second kappa shape index (κ2) is 4.80. The zero-order valence-electron chi connectivity index (χ0n) is 11.2. The Morgan fingerprint density at radius 3 is 3.05 bits per heavy atom. The van der Waals surface area contributed by atoms with Gasteiger partial charge in [0.15, 0.2) is 6.23 Å². The highest BCUT2D eigenvalue weighted by Crippen LogP contribution is 2.32. The van der Waals surface area contributed by atoms with E-state index in [2.05, 4.69) is 40.5 Å². The van der Waals surface area contributed by atoms with Crippen LogP contribution < -0.4 is 0 Å². The number of nitrogens with one attached hydrogen (secondary N) is 1. The van der Waals surface area contributed by atoms with E-state index in [0.717, 1.165) is 30.7 Å². The van der Waals surface area contributed by atoms with Crippen molar-refractivity contribution in [1.29, 1.82) is 0 Å². The third-order valence-corrected chi connectivity index (χ3v) is 3.96. The number of aromatic amines is 1. The van der Waals surface area contributed by atoms with Gasteiger partial charge in [-0.05, 0) is 31.4 Å². The molecule has 0 aliphatic carbocycles. The molecule has 20 heavy (non-hydrogen) atoms. The van der Waals surface area contributed by atoms with Crippen molar-refractivity contribution in [3.05, 3.63) is 42.7 Å². The number of fused-ring (bicyclic) bond motifs is 1. The lowest BCUT2D eigenvalue weighted by molar-refractivity contribution is -0.0383. The lowest BCUT2D eigenvalue weighted by Crippen LogP contribution is -2.19. The molecule has 1 aromatic carbocycles. The summed E-state index contributed by atoms with van der Waals surface area (Å²) in [7, 11) is 0. The molecular formula is C16H17N3O. The predicted molar refractivity (Wildman–Crippen MR) is 78.4 cm³/mol. The van der Waals surface area contributed by atoms with E-state index >= 15 is 0 Å². The number of hydrogen-bond acceptors (Lipinski definition) is 2. The maximum absolute atomic E-state index is 5.86. The number of nitrogens with zero attached hydrogens (tertiary/aromatic N) is 2. The van der Waals surface area contributed by atoms with Gasteiger partial charge in [0.25, 0.3) is 0 Å². The third kappa shape index (κ3) is 1.84. The molecule has 4 nitrogen and oxygen atoms in total. The summed E-state index contributed by atoms with van der Waals surface area (Å²) < 4.78 is 7.89. The van der Waals surface area contributed by atoms with Crippen LogP contribution in [0.5, 0.6) is 0 Å². The standard InChI is InChI=1S/C16H17N3O/c1-2-6-14-12(5-1)13(11-17-14)15-8-9-18-19(15)16-7-3-4-10-20-16/h1-2,5-6,8-9,11,16-17H,3-4,7,10H2. The first-order valence-electron chi connectivity index (χ1n) is 7.15. The topological polar surface area (TPSA) is 42.8 Å². The second-order valence-electron chi connectivity index (χ2n) is 5.23. The quantitative estimate of drug-likeness (QED) is 0.768. The Bertz CT molecular complexity index is 722. The molecule has 3 heterocycles.